The molecule has 0 aromatic carbocycles. The number of imidazole rings is 1. The molecule has 1 heterocycles. The van der Waals surface area contributed by atoms with Crippen LogP contribution in [0.5, 0.6) is 0 Å². The monoisotopic (exact) mass is 228 g/mol. The van der Waals surface area contributed by atoms with Gasteiger partial charge in [0.1, 0.15) is 0 Å². The number of aromatic nitrogens is 2. The zero-order valence-electron chi connectivity index (χ0n) is 8.63. The van der Waals surface area contributed by atoms with Crippen molar-refractivity contribution < 1.29 is 4.74 Å². The van der Waals surface area contributed by atoms with E-state index in [1.807, 2.05) is 17.0 Å². The van der Waals surface area contributed by atoms with Crippen molar-refractivity contribution >= 4 is 12.6 Å². The van der Waals surface area contributed by atoms with Gasteiger partial charge in [0, 0.05) is 24.2 Å². The fraction of sp³-hybridized carbons (Fsp3) is 0.700. The molecule has 5 heteroatoms. The summed E-state index contributed by atoms with van der Waals surface area (Å²) < 4.78 is 8.80. The molecule has 0 N–H and O–H groups in total. The molecule has 1 saturated carbocycles. The lowest BCUT2D eigenvalue weighted by atomic mass is 10.6. The topological polar surface area (TPSA) is 36.2 Å². The summed E-state index contributed by atoms with van der Waals surface area (Å²) in [6.45, 7) is 1.85. The Hall–Kier alpha value is -0.680. The third-order valence-corrected chi connectivity index (χ3v) is 2.71. The van der Waals surface area contributed by atoms with Gasteiger partial charge in [0.15, 0.2) is 0 Å². The summed E-state index contributed by atoms with van der Waals surface area (Å²) in [5.74, 6) is 0.720. The van der Waals surface area contributed by atoms with E-state index in [1.54, 1.807) is 4.57 Å². The molecule has 1 fully saturated rings. The second-order valence-electron chi connectivity index (χ2n) is 3.75. The van der Waals surface area contributed by atoms with E-state index in [0.717, 1.165) is 18.6 Å². The summed E-state index contributed by atoms with van der Waals surface area (Å²) >= 11 is 4.04. The molecule has 4 nitrogen and oxygen atoms in total. The highest BCUT2D eigenvalue weighted by Crippen LogP contribution is 2.33. The van der Waals surface area contributed by atoms with Crippen LogP contribution in [0.1, 0.15) is 18.9 Å². The highest BCUT2D eigenvalue weighted by molar-refractivity contribution is 7.80. The van der Waals surface area contributed by atoms with Gasteiger partial charge in [0.05, 0.1) is 19.8 Å². The maximum atomic E-state index is 11.8. The van der Waals surface area contributed by atoms with Gasteiger partial charge < -0.3 is 4.74 Å². The maximum absolute atomic E-state index is 11.8. The second-order valence-corrected chi connectivity index (χ2v) is 4.20. The molecular formula is C10H16N2O2S. The molecule has 0 spiro atoms. The number of hydrogen-bond donors (Lipinski definition) is 1. The number of thiol groups is 1. The van der Waals surface area contributed by atoms with Gasteiger partial charge in [-0.25, -0.2) is 4.79 Å². The first-order valence-corrected chi connectivity index (χ1v) is 5.92. The second kappa shape index (κ2) is 4.90. The third-order valence-electron chi connectivity index (χ3n) is 2.53. The van der Waals surface area contributed by atoms with Gasteiger partial charge in [-0.05, 0) is 12.8 Å². The van der Waals surface area contributed by atoms with Gasteiger partial charge in [0.25, 0.3) is 0 Å². The molecule has 1 aromatic rings. The number of ether oxygens (including phenoxy) is 1. The summed E-state index contributed by atoms with van der Waals surface area (Å²) in [6.07, 6.45) is 5.99. The van der Waals surface area contributed by atoms with Crippen molar-refractivity contribution in [3.05, 3.63) is 22.9 Å². The molecule has 15 heavy (non-hydrogen) atoms. The van der Waals surface area contributed by atoms with Crippen LogP contribution >= 0.6 is 12.6 Å². The van der Waals surface area contributed by atoms with Crippen LogP contribution in [0.4, 0.5) is 0 Å². The summed E-state index contributed by atoms with van der Waals surface area (Å²) in [5.41, 5.74) is 0.0898. The van der Waals surface area contributed by atoms with Crippen molar-refractivity contribution in [1.29, 1.82) is 0 Å². The van der Waals surface area contributed by atoms with Gasteiger partial charge >= 0.3 is 5.69 Å². The molecule has 0 saturated heterocycles. The Morgan fingerprint density at radius 2 is 2.20 bits per heavy atom. The fourth-order valence-corrected chi connectivity index (χ4v) is 1.69. The van der Waals surface area contributed by atoms with Gasteiger partial charge in [-0.2, -0.15) is 12.6 Å². The highest BCUT2D eigenvalue weighted by Gasteiger charge is 2.25. The lowest BCUT2D eigenvalue weighted by Gasteiger charge is -2.02. The van der Waals surface area contributed by atoms with E-state index in [2.05, 4.69) is 12.6 Å². The molecule has 0 amide bonds. The molecule has 0 unspecified atom stereocenters. The van der Waals surface area contributed by atoms with Gasteiger partial charge in [-0.15, -0.1) is 0 Å². The Morgan fingerprint density at radius 3 is 2.87 bits per heavy atom. The molecule has 1 aromatic heterocycles. The number of rotatable bonds is 6. The van der Waals surface area contributed by atoms with E-state index in [9.17, 15) is 4.79 Å². The van der Waals surface area contributed by atoms with Crippen molar-refractivity contribution in [1.82, 2.24) is 9.13 Å². The van der Waals surface area contributed by atoms with Crippen LogP contribution in [0.15, 0.2) is 17.2 Å². The average molecular weight is 228 g/mol. The van der Waals surface area contributed by atoms with Crippen molar-refractivity contribution in [3.63, 3.8) is 0 Å². The predicted molar refractivity (Wildman–Crippen MR) is 61.6 cm³/mol. The Bertz CT molecular complexity index is 368. The van der Waals surface area contributed by atoms with E-state index in [4.69, 9.17) is 4.74 Å². The quantitative estimate of drug-likeness (QED) is 0.581. The van der Waals surface area contributed by atoms with Crippen LogP contribution in [0.3, 0.4) is 0 Å². The largest absolute Gasteiger partial charge is 0.379 e. The lowest BCUT2D eigenvalue weighted by molar-refractivity contribution is 0.140. The SMILES string of the molecule is O=c1n(CCOCCS)ccn1C1CC1. The molecule has 84 valence electrons. The zero-order valence-corrected chi connectivity index (χ0v) is 9.53. The average Bonchev–Trinajstić information content (AvgIpc) is 3.00. The van der Waals surface area contributed by atoms with Gasteiger partial charge in [-0.3, -0.25) is 9.13 Å². The van der Waals surface area contributed by atoms with Crippen molar-refractivity contribution in [2.75, 3.05) is 19.0 Å². The summed E-state index contributed by atoms with van der Waals surface area (Å²) in [7, 11) is 0. The maximum Gasteiger partial charge on any atom is 0.328 e. The van der Waals surface area contributed by atoms with Crippen molar-refractivity contribution in [3.8, 4) is 0 Å². The zero-order chi connectivity index (χ0) is 10.7. The van der Waals surface area contributed by atoms with E-state index in [1.165, 1.54) is 0 Å². The minimum Gasteiger partial charge on any atom is -0.379 e. The minimum atomic E-state index is 0.0898. The van der Waals surface area contributed by atoms with Gasteiger partial charge in [-0.1, -0.05) is 0 Å². The van der Waals surface area contributed by atoms with Crippen LogP contribution < -0.4 is 5.69 Å². The first-order chi connectivity index (χ1) is 7.33. The fourth-order valence-electron chi connectivity index (χ4n) is 1.56. The van der Waals surface area contributed by atoms with E-state index >= 15 is 0 Å². The number of nitrogens with zero attached hydrogens (tertiary/aromatic N) is 2. The van der Waals surface area contributed by atoms with E-state index < -0.39 is 0 Å². The van der Waals surface area contributed by atoms with Crippen LogP contribution in [-0.4, -0.2) is 28.1 Å². The first-order valence-electron chi connectivity index (χ1n) is 5.29. The Kier molecular flexibility index (Phi) is 3.53. The molecule has 1 aliphatic rings. The molecule has 1 aliphatic carbocycles. The molecule has 0 radical (unpaired) electrons. The van der Waals surface area contributed by atoms with Crippen molar-refractivity contribution in [2.45, 2.75) is 25.4 Å². The Labute approximate surface area is 94.3 Å². The summed E-state index contributed by atoms with van der Waals surface area (Å²) in [6, 6.07) is 0.456. The minimum absolute atomic E-state index is 0.0898. The van der Waals surface area contributed by atoms with Crippen molar-refractivity contribution in [2.24, 2.45) is 0 Å². The smallest absolute Gasteiger partial charge is 0.328 e. The van der Waals surface area contributed by atoms with Crippen LogP contribution in [0.2, 0.25) is 0 Å². The lowest BCUT2D eigenvalue weighted by Crippen LogP contribution is -2.25. The molecule has 0 bridgehead atoms. The molecule has 0 aliphatic heterocycles. The Balaban J connectivity index is 1.88. The highest BCUT2D eigenvalue weighted by atomic mass is 32.1. The van der Waals surface area contributed by atoms with Crippen LogP contribution in [0.25, 0.3) is 0 Å². The Morgan fingerprint density at radius 1 is 1.40 bits per heavy atom. The molecule has 2 rings (SSSR count). The first kappa shape index (κ1) is 10.8. The molecule has 0 atom stereocenters. The van der Waals surface area contributed by atoms with E-state index in [0.29, 0.717) is 25.8 Å². The van der Waals surface area contributed by atoms with Crippen LogP contribution in [-0.2, 0) is 11.3 Å². The van der Waals surface area contributed by atoms with Gasteiger partial charge in [0.2, 0.25) is 0 Å². The standard InChI is InChI=1S/C10H16N2O2S/c13-10-11(5-6-14-7-8-15)3-4-12(10)9-1-2-9/h3-4,9,15H,1-2,5-8H2. The predicted octanol–water partition coefficient (Wildman–Crippen LogP) is 0.931. The summed E-state index contributed by atoms with van der Waals surface area (Å²) in [4.78, 5) is 11.8. The summed E-state index contributed by atoms with van der Waals surface area (Å²) in [5, 5.41) is 0. The van der Waals surface area contributed by atoms with Crippen LogP contribution in [0, 0.1) is 0 Å². The van der Waals surface area contributed by atoms with E-state index in [-0.39, 0.29) is 5.69 Å². The molecular weight excluding hydrogens is 212 g/mol. The number of hydrogen-bond acceptors (Lipinski definition) is 3. The third kappa shape index (κ3) is 2.66. The normalized spacial score (nSPS) is 15.8.